The molecule has 0 radical (unpaired) electrons. The number of aliphatic carboxylic acids is 1. The molecule has 1 rings (SSSR count). The molecule has 98 valence electrons. The van der Waals surface area contributed by atoms with E-state index in [-0.39, 0.29) is 12.2 Å². The highest BCUT2D eigenvalue weighted by Gasteiger charge is 2.13. The summed E-state index contributed by atoms with van der Waals surface area (Å²) in [4.78, 5) is 21.8. The largest absolute Gasteiger partial charge is 0.480 e. The van der Waals surface area contributed by atoms with Crippen molar-refractivity contribution < 1.29 is 23.5 Å². The fraction of sp³-hybridized carbons (Fsp3) is 0.273. The van der Waals surface area contributed by atoms with Gasteiger partial charge in [-0.3, -0.25) is 14.9 Å². The Balaban J connectivity index is 2.52. The number of amides is 1. The van der Waals surface area contributed by atoms with Crippen LogP contribution in [0.2, 0.25) is 0 Å². The SMILES string of the molecule is CC(NCC(=O)Nc1ccc(F)cc1F)C(=O)O. The summed E-state index contributed by atoms with van der Waals surface area (Å²) < 4.78 is 25.8. The summed E-state index contributed by atoms with van der Waals surface area (Å²) in [6.45, 7) is 1.08. The van der Waals surface area contributed by atoms with Gasteiger partial charge in [-0.15, -0.1) is 0 Å². The Labute approximate surface area is 102 Å². The van der Waals surface area contributed by atoms with Crippen LogP contribution >= 0.6 is 0 Å². The van der Waals surface area contributed by atoms with Crippen LogP contribution in [0.3, 0.4) is 0 Å². The second-order valence-corrected chi connectivity index (χ2v) is 3.61. The number of carbonyl (C=O) groups is 2. The number of hydrogen-bond acceptors (Lipinski definition) is 3. The van der Waals surface area contributed by atoms with E-state index in [0.29, 0.717) is 6.07 Å². The van der Waals surface area contributed by atoms with Gasteiger partial charge in [0, 0.05) is 6.07 Å². The number of nitrogens with one attached hydrogen (secondary N) is 2. The molecule has 1 aromatic rings. The van der Waals surface area contributed by atoms with Gasteiger partial charge in [0.25, 0.3) is 0 Å². The van der Waals surface area contributed by atoms with Crippen LogP contribution in [0.15, 0.2) is 18.2 Å². The first-order chi connectivity index (χ1) is 8.40. The van der Waals surface area contributed by atoms with Crippen LogP contribution in [0.25, 0.3) is 0 Å². The molecule has 0 saturated heterocycles. The zero-order valence-electron chi connectivity index (χ0n) is 9.54. The average Bonchev–Trinajstić information content (AvgIpc) is 2.29. The first kappa shape index (κ1) is 14.0. The molecule has 5 nitrogen and oxygen atoms in total. The van der Waals surface area contributed by atoms with E-state index in [2.05, 4.69) is 10.6 Å². The van der Waals surface area contributed by atoms with Crippen LogP contribution in [0, 0.1) is 11.6 Å². The number of hydrogen-bond donors (Lipinski definition) is 3. The van der Waals surface area contributed by atoms with E-state index in [1.165, 1.54) is 6.92 Å². The summed E-state index contributed by atoms with van der Waals surface area (Å²) >= 11 is 0. The van der Waals surface area contributed by atoms with Crippen LogP contribution in [-0.4, -0.2) is 29.6 Å². The third-order valence-electron chi connectivity index (χ3n) is 2.14. The van der Waals surface area contributed by atoms with Crippen molar-refractivity contribution in [1.29, 1.82) is 0 Å². The summed E-state index contributed by atoms with van der Waals surface area (Å²) in [5, 5.41) is 13.2. The Kier molecular flexibility index (Phi) is 4.73. The van der Waals surface area contributed by atoms with Gasteiger partial charge < -0.3 is 10.4 Å². The van der Waals surface area contributed by atoms with Gasteiger partial charge in [-0.05, 0) is 19.1 Å². The first-order valence-electron chi connectivity index (χ1n) is 5.11. The highest BCUT2D eigenvalue weighted by molar-refractivity contribution is 5.92. The van der Waals surface area contributed by atoms with Gasteiger partial charge in [-0.2, -0.15) is 0 Å². The Hall–Kier alpha value is -2.02. The molecule has 18 heavy (non-hydrogen) atoms. The molecule has 0 bridgehead atoms. The molecule has 0 aliphatic rings. The maximum absolute atomic E-state index is 13.2. The van der Waals surface area contributed by atoms with Gasteiger partial charge in [0.1, 0.15) is 17.7 Å². The van der Waals surface area contributed by atoms with E-state index in [1.54, 1.807) is 0 Å². The molecule has 1 unspecified atom stereocenters. The van der Waals surface area contributed by atoms with Crippen molar-refractivity contribution in [3.63, 3.8) is 0 Å². The lowest BCUT2D eigenvalue weighted by atomic mass is 10.3. The molecule has 0 heterocycles. The second-order valence-electron chi connectivity index (χ2n) is 3.61. The molecule has 0 aromatic heterocycles. The van der Waals surface area contributed by atoms with E-state index in [0.717, 1.165) is 12.1 Å². The Morgan fingerprint density at radius 1 is 1.39 bits per heavy atom. The fourth-order valence-electron chi connectivity index (χ4n) is 1.12. The number of halogens is 2. The highest BCUT2D eigenvalue weighted by Crippen LogP contribution is 2.14. The highest BCUT2D eigenvalue weighted by atomic mass is 19.1. The molecule has 0 aliphatic carbocycles. The standard InChI is InChI=1S/C11H12F2N2O3/c1-6(11(17)18)14-5-10(16)15-9-3-2-7(12)4-8(9)13/h2-4,6,14H,5H2,1H3,(H,15,16)(H,17,18). The second kappa shape index (κ2) is 6.06. The smallest absolute Gasteiger partial charge is 0.320 e. The van der Waals surface area contributed by atoms with Gasteiger partial charge in [0.2, 0.25) is 5.91 Å². The predicted octanol–water partition coefficient (Wildman–Crippen LogP) is 0.966. The predicted molar refractivity (Wildman–Crippen MR) is 60.1 cm³/mol. The molecule has 0 spiro atoms. The molecule has 0 saturated carbocycles. The van der Waals surface area contributed by atoms with Crippen molar-refractivity contribution in [2.75, 3.05) is 11.9 Å². The number of carbonyl (C=O) groups excluding carboxylic acids is 1. The number of rotatable bonds is 5. The fourth-order valence-corrected chi connectivity index (χ4v) is 1.12. The van der Waals surface area contributed by atoms with Crippen molar-refractivity contribution in [2.24, 2.45) is 0 Å². The van der Waals surface area contributed by atoms with E-state index < -0.39 is 29.6 Å². The molecular formula is C11H12F2N2O3. The summed E-state index contributed by atoms with van der Waals surface area (Å²) in [5.41, 5.74) is -0.161. The lowest BCUT2D eigenvalue weighted by molar-refractivity contribution is -0.139. The van der Waals surface area contributed by atoms with Crippen molar-refractivity contribution in [2.45, 2.75) is 13.0 Å². The van der Waals surface area contributed by atoms with Crippen molar-refractivity contribution >= 4 is 17.6 Å². The normalized spacial score (nSPS) is 11.9. The third-order valence-corrected chi connectivity index (χ3v) is 2.14. The molecule has 0 aliphatic heterocycles. The van der Waals surface area contributed by atoms with E-state index >= 15 is 0 Å². The van der Waals surface area contributed by atoms with Crippen LogP contribution in [0.4, 0.5) is 14.5 Å². The lowest BCUT2D eigenvalue weighted by Crippen LogP contribution is -2.39. The maximum atomic E-state index is 13.2. The quantitative estimate of drug-likeness (QED) is 0.735. The van der Waals surface area contributed by atoms with Gasteiger partial charge in [0.05, 0.1) is 12.2 Å². The van der Waals surface area contributed by atoms with Gasteiger partial charge in [0.15, 0.2) is 0 Å². The lowest BCUT2D eigenvalue weighted by Gasteiger charge is -2.10. The minimum absolute atomic E-state index is 0.161. The number of benzene rings is 1. The Bertz CT molecular complexity index is 466. The van der Waals surface area contributed by atoms with E-state index in [1.807, 2.05) is 0 Å². The molecule has 0 fully saturated rings. The molecule has 1 amide bonds. The zero-order chi connectivity index (χ0) is 13.7. The van der Waals surface area contributed by atoms with Gasteiger partial charge in [-0.1, -0.05) is 0 Å². The topological polar surface area (TPSA) is 78.4 Å². The van der Waals surface area contributed by atoms with Crippen LogP contribution < -0.4 is 10.6 Å². The molecule has 1 atom stereocenters. The van der Waals surface area contributed by atoms with Crippen LogP contribution in [-0.2, 0) is 9.59 Å². The van der Waals surface area contributed by atoms with E-state index in [9.17, 15) is 18.4 Å². The minimum atomic E-state index is -1.10. The summed E-state index contributed by atoms with van der Waals surface area (Å²) in [5.74, 6) is -3.36. The monoisotopic (exact) mass is 258 g/mol. The Morgan fingerprint density at radius 2 is 2.06 bits per heavy atom. The molecular weight excluding hydrogens is 246 g/mol. The minimum Gasteiger partial charge on any atom is -0.480 e. The van der Waals surface area contributed by atoms with Gasteiger partial charge >= 0.3 is 5.97 Å². The molecule has 3 N–H and O–H groups in total. The number of anilines is 1. The van der Waals surface area contributed by atoms with Crippen molar-refractivity contribution in [3.8, 4) is 0 Å². The van der Waals surface area contributed by atoms with Crippen molar-refractivity contribution in [1.82, 2.24) is 5.32 Å². The summed E-state index contributed by atoms with van der Waals surface area (Å²) in [6.07, 6.45) is 0. The average molecular weight is 258 g/mol. The molecule has 7 heteroatoms. The number of carboxylic acid groups (broad SMARTS) is 1. The first-order valence-corrected chi connectivity index (χ1v) is 5.11. The van der Waals surface area contributed by atoms with E-state index in [4.69, 9.17) is 5.11 Å². The molecule has 1 aromatic carbocycles. The third kappa shape index (κ3) is 4.10. The number of carboxylic acids is 1. The van der Waals surface area contributed by atoms with Crippen LogP contribution in [0.5, 0.6) is 0 Å². The zero-order valence-corrected chi connectivity index (χ0v) is 9.54. The van der Waals surface area contributed by atoms with Gasteiger partial charge in [-0.25, -0.2) is 8.78 Å². The van der Waals surface area contributed by atoms with Crippen molar-refractivity contribution in [3.05, 3.63) is 29.8 Å². The summed E-state index contributed by atoms with van der Waals surface area (Å²) in [6, 6.07) is 1.84. The Morgan fingerprint density at radius 3 is 2.61 bits per heavy atom. The maximum Gasteiger partial charge on any atom is 0.320 e. The van der Waals surface area contributed by atoms with Crippen LogP contribution in [0.1, 0.15) is 6.92 Å². The summed E-state index contributed by atoms with van der Waals surface area (Å²) in [7, 11) is 0.